The fraction of sp³-hybridized carbons (Fsp3) is 0.812. The zero-order valence-electron chi connectivity index (χ0n) is 14.2. The van der Waals surface area contributed by atoms with E-state index in [1.165, 1.54) is 16.8 Å². The van der Waals surface area contributed by atoms with Gasteiger partial charge in [-0.1, -0.05) is 0 Å². The maximum absolute atomic E-state index is 12.8. The molecule has 0 aromatic heterocycles. The van der Waals surface area contributed by atoms with Crippen LogP contribution in [-0.4, -0.2) is 82.8 Å². The zero-order valence-corrected chi connectivity index (χ0v) is 14.2. The van der Waals surface area contributed by atoms with Crippen molar-refractivity contribution >= 4 is 18.0 Å². The van der Waals surface area contributed by atoms with E-state index in [1.54, 1.807) is 12.0 Å². The van der Waals surface area contributed by atoms with Gasteiger partial charge in [-0.2, -0.15) is 0 Å². The van der Waals surface area contributed by atoms with Crippen molar-refractivity contribution in [1.82, 2.24) is 14.7 Å². The number of urea groups is 1. The van der Waals surface area contributed by atoms with Crippen molar-refractivity contribution in [3.63, 3.8) is 0 Å². The Morgan fingerprint density at radius 1 is 1.17 bits per heavy atom. The number of piperidine rings is 1. The van der Waals surface area contributed by atoms with E-state index < -0.39 is 11.6 Å². The van der Waals surface area contributed by atoms with E-state index in [2.05, 4.69) is 0 Å². The second-order valence-electron chi connectivity index (χ2n) is 6.98. The van der Waals surface area contributed by atoms with Crippen molar-refractivity contribution < 1.29 is 24.2 Å². The molecule has 0 bridgehead atoms. The van der Waals surface area contributed by atoms with Crippen molar-refractivity contribution in [3.05, 3.63) is 0 Å². The quantitative estimate of drug-likeness (QED) is 0.767. The predicted octanol–water partition coefficient (Wildman–Crippen LogP) is 1.35. The number of methoxy groups -OCH3 is 1. The van der Waals surface area contributed by atoms with Gasteiger partial charge < -0.3 is 19.6 Å². The first-order chi connectivity index (χ1) is 11.4. The van der Waals surface area contributed by atoms with Crippen LogP contribution < -0.4 is 0 Å². The molecule has 1 aliphatic carbocycles. The predicted molar refractivity (Wildman–Crippen MR) is 84.6 cm³/mol. The Morgan fingerprint density at radius 3 is 2.25 bits per heavy atom. The Kier molecular flexibility index (Phi) is 4.42. The van der Waals surface area contributed by atoms with Gasteiger partial charge in [-0.05, 0) is 38.5 Å². The van der Waals surface area contributed by atoms with Crippen LogP contribution in [0.5, 0.6) is 0 Å². The average molecular weight is 339 g/mol. The number of rotatable bonds is 2. The normalized spacial score (nSPS) is 30.3. The number of ether oxygens (including phenoxy) is 1. The molecule has 1 saturated carbocycles. The summed E-state index contributed by atoms with van der Waals surface area (Å²) >= 11 is 0. The van der Waals surface area contributed by atoms with E-state index in [9.17, 15) is 14.4 Å². The molecule has 0 aromatic carbocycles. The molecule has 134 valence electrons. The zero-order chi connectivity index (χ0) is 17.5. The molecular weight excluding hydrogens is 314 g/mol. The maximum Gasteiger partial charge on any atom is 0.407 e. The number of hydrogen-bond acceptors (Lipinski definition) is 4. The summed E-state index contributed by atoms with van der Waals surface area (Å²) < 4.78 is 5.40. The molecule has 0 unspecified atom stereocenters. The summed E-state index contributed by atoms with van der Waals surface area (Å²) in [5.41, 5.74) is -0.873. The Morgan fingerprint density at radius 2 is 1.75 bits per heavy atom. The summed E-state index contributed by atoms with van der Waals surface area (Å²) in [5, 5.41) is 9.15. The largest absolute Gasteiger partial charge is 0.465 e. The molecule has 3 rings (SSSR count). The highest BCUT2D eigenvalue weighted by Crippen LogP contribution is 2.41. The molecule has 1 spiro atoms. The van der Waals surface area contributed by atoms with Crippen LogP contribution in [0.2, 0.25) is 0 Å². The minimum absolute atomic E-state index is 0.0224. The third-order valence-electron chi connectivity index (χ3n) is 5.86. The highest BCUT2D eigenvalue weighted by atomic mass is 16.5. The Balaban J connectivity index is 1.82. The van der Waals surface area contributed by atoms with Crippen LogP contribution in [0.4, 0.5) is 9.59 Å². The molecule has 8 nitrogen and oxygen atoms in total. The fourth-order valence-electron chi connectivity index (χ4n) is 4.41. The van der Waals surface area contributed by atoms with Crippen LogP contribution in [-0.2, 0) is 9.53 Å². The number of amides is 4. The second-order valence-corrected chi connectivity index (χ2v) is 6.98. The Bertz CT molecular complexity index is 536. The number of likely N-dealkylation sites (N-methyl/N-ethyl adjacent to an activating group) is 1. The Hall–Kier alpha value is -1.83. The van der Waals surface area contributed by atoms with E-state index in [0.29, 0.717) is 12.8 Å². The summed E-state index contributed by atoms with van der Waals surface area (Å²) in [6.07, 6.45) is 3.38. The van der Waals surface area contributed by atoms with Gasteiger partial charge in [0, 0.05) is 33.3 Å². The summed E-state index contributed by atoms with van der Waals surface area (Å²) in [5.74, 6) is -0.189. The van der Waals surface area contributed by atoms with Gasteiger partial charge in [0.2, 0.25) is 0 Å². The van der Waals surface area contributed by atoms with Crippen molar-refractivity contribution in [1.29, 1.82) is 0 Å². The van der Waals surface area contributed by atoms with Gasteiger partial charge in [-0.15, -0.1) is 0 Å². The number of carbonyl (C=O) groups excluding carboxylic acids is 2. The highest BCUT2D eigenvalue weighted by Gasteiger charge is 2.59. The first-order valence-corrected chi connectivity index (χ1v) is 8.53. The van der Waals surface area contributed by atoms with Gasteiger partial charge in [0.05, 0.1) is 6.10 Å². The van der Waals surface area contributed by atoms with Crippen molar-refractivity contribution in [3.8, 4) is 0 Å². The maximum atomic E-state index is 12.8. The van der Waals surface area contributed by atoms with Crippen LogP contribution in [0.25, 0.3) is 0 Å². The highest BCUT2D eigenvalue weighted by molar-refractivity contribution is 6.07. The van der Waals surface area contributed by atoms with Crippen LogP contribution in [0.15, 0.2) is 0 Å². The molecule has 2 aliphatic heterocycles. The molecule has 2 heterocycles. The van der Waals surface area contributed by atoms with Gasteiger partial charge in [-0.25, -0.2) is 9.59 Å². The first kappa shape index (κ1) is 17.0. The topological polar surface area (TPSA) is 90.4 Å². The summed E-state index contributed by atoms with van der Waals surface area (Å²) in [7, 11) is 3.23. The number of hydrogen-bond donors (Lipinski definition) is 1. The number of likely N-dealkylation sites (tertiary alicyclic amines) is 1. The van der Waals surface area contributed by atoms with Crippen LogP contribution in [0, 0.1) is 0 Å². The number of carboxylic acid groups (broad SMARTS) is 1. The summed E-state index contributed by atoms with van der Waals surface area (Å²) in [6, 6.07) is -0.223. The molecule has 4 amide bonds. The van der Waals surface area contributed by atoms with Gasteiger partial charge in [0.1, 0.15) is 5.54 Å². The van der Waals surface area contributed by atoms with E-state index in [1.807, 2.05) is 0 Å². The van der Waals surface area contributed by atoms with Crippen LogP contribution >= 0.6 is 0 Å². The minimum Gasteiger partial charge on any atom is -0.465 e. The third kappa shape index (κ3) is 2.53. The standard InChI is InChI=1S/C16H25N3O5/c1-17-13(20)16(7-9-18(10-8-16)15(22)23)19(14(17)21)11-3-5-12(24-2)6-4-11/h11-12H,3-10H2,1-2H3,(H,22,23). The molecule has 1 N–H and O–H groups in total. The molecule has 3 aliphatic rings. The summed E-state index contributed by atoms with van der Waals surface area (Å²) in [4.78, 5) is 41.0. The van der Waals surface area contributed by atoms with E-state index in [0.717, 1.165) is 25.7 Å². The van der Waals surface area contributed by atoms with Gasteiger partial charge in [-0.3, -0.25) is 9.69 Å². The van der Waals surface area contributed by atoms with Crippen molar-refractivity contribution in [2.75, 3.05) is 27.2 Å². The molecule has 2 saturated heterocycles. The lowest BCUT2D eigenvalue weighted by Crippen LogP contribution is -2.60. The molecule has 0 aromatic rings. The first-order valence-electron chi connectivity index (χ1n) is 8.53. The van der Waals surface area contributed by atoms with Crippen molar-refractivity contribution in [2.45, 2.75) is 56.2 Å². The van der Waals surface area contributed by atoms with Gasteiger partial charge in [0.15, 0.2) is 0 Å². The number of carbonyl (C=O) groups is 3. The van der Waals surface area contributed by atoms with Crippen LogP contribution in [0.3, 0.4) is 0 Å². The van der Waals surface area contributed by atoms with Crippen LogP contribution in [0.1, 0.15) is 38.5 Å². The molecule has 0 radical (unpaired) electrons. The van der Waals surface area contributed by atoms with E-state index in [-0.39, 0.29) is 37.2 Å². The third-order valence-corrected chi connectivity index (χ3v) is 5.86. The molecule has 0 atom stereocenters. The number of imide groups is 1. The SMILES string of the molecule is COC1CCC(N2C(=O)N(C)C(=O)C23CCN(C(=O)O)CC3)CC1. The Labute approximate surface area is 141 Å². The average Bonchev–Trinajstić information content (AvgIpc) is 2.77. The lowest BCUT2D eigenvalue weighted by Gasteiger charge is -2.46. The van der Waals surface area contributed by atoms with E-state index >= 15 is 0 Å². The van der Waals surface area contributed by atoms with E-state index in [4.69, 9.17) is 9.84 Å². The molecule has 3 fully saturated rings. The fourth-order valence-corrected chi connectivity index (χ4v) is 4.41. The smallest absolute Gasteiger partial charge is 0.407 e. The molecule has 24 heavy (non-hydrogen) atoms. The molecule has 8 heteroatoms. The molecular formula is C16H25N3O5. The van der Waals surface area contributed by atoms with Crippen molar-refractivity contribution in [2.24, 2.45) is 0 Å². The lowest BCUT2D eigenvalue weighted by molar-refractivity contribution is -0.135. The summed E-state index contributed by atoms with van der Waals surface area (Å²) in [6.45, 7) is 0.568. The minimum atomic E-state index is -0.970. The number of nitrogens with zero attached hydrogens (tertiary/aromatic N) is 3. The van der Waals surface area contributed by atoms with Gasteiger partial charge >= 0.3 is 12.1 Å². The van der Waals surface area contributed by atoms with Gasteiger partial charge in [0.25, 0.3) is 5.91 Å². The monoisotopic (exact) mass is 339 g/mol. The lowest BCUT2D eigenvalue weighted by atomic mass is 9.82. The second kappa shape index (κ2) is 6.23.